The van der Waals surface area contributed by atoms with E-state index >= 15 is 0 Å². The number of hydrogen-bond acceptors (Lipinski definition) is 5. The molecule has 1 saturated heterocycles. The van der Waals surface area contributed by atoms with Crippen molar-refractivity contribution in [3.63, 3.8) is 0 Å². The van der Waals surface area contributed by atoms with Gasteiger partial charge in [0, 0.05) is 12.7 Å². The third kappa shape index (κ3) is 3.21. The molecule has 2 rings (SSSR count). The number of aromatic carboxylic acids is 1. The zero-order valence-corrected chi connectivity index (χ0v) is 13.3. The first-order valence-electron chi connectivity index (χ1n) is 7.12. The molecule has 0 atom stereocenters. The molecule has 0 amide bonds. The highest BCUT2D eigenvalue weighted by Crippen LogP contribution is 2.38. The predicted molar refractivity (Wildman–Crippen MR) is 84.3 cm³/mol. The van der Waals surface area contributed by atoms with E-state index in [1.54, 1.807) is 12.1 Å². The number of pyridine rings is 1. The van der Waals surface area contributed by atoms with Crippen LogP contribution in [0.5, 0.6) is 0 Å². The van der Waals surface area contributed by atoms with Crippen LogP contribution in [0.25, 0.3) is 6.08 Å². The fourth-order valence-corrected chi connectivity index (χ4v) is 2.02. The van der Waals surface area contributed by atoms with Gasteiger partial charge in [-0.1, -0.05) is 0 Å². The monoisotopic (exact) mass is 304 g/mol. The molecule has 0 unspecified atom stereocenters. The molecule has 0 saturated carbocycles. The summed E-state index contributed by atoms with van der Waals surface area (Å²) in [5.74, 6) is -1.01. The van der Waals surface area contributed by atoms with Gasteiger partial charge in [-0.15, -0.1) is 0 Å². The average Bonchev–Trinajstić information content (AvgIpc) is 2.65. The van der Waals surface area contributed by atoms with Crippen LogP contribution in [0.15, 0.2) is 23.8 Å². The van der Waals surface area contributed by atoms with Crippen molar-refractivity contribution >= 4 is 19.2 Å². The Kier molecular flexibility index (Phi) is 4.42. The smallest absolute Gasteiger partial charge is 0.478 e. The molecule has 22 heavy (non-hydrogen) atoms. The summed E-state index contributed by atoms with van der Waals surface area (Å²) in [7, 11) is -0.532. The number of nitrogens with zero attached hydrogens (tertiary/aromatic N) is 1. The molecule has 0 aromatic carbocycles. The molecule has 3 N–H and O–H groups in total. The number of nitrogens with two attached hydrogens (primary N) is 1. The molecule has 1 fully saturated rings. The Morgan fingerprint density at radius 1 is 1.32 bits per heavy atom. The Labute approximate surface area is 130 Å². The van der Waals surface area contributed by atoms with Crippen LogP contribution in [-0.2, 0) is 9.31 Å². The highest BCUT2D eigenvalue weighted by molar-refractivity contribution is 6.55. The van der Waals surface area contributed by atoms with Gasteiger partial charge < -0.3 is 20.1 Å². The molecule has 0 radical (unpaired) electrons. The van der Waals surface area contributed by atoms with Gasteiger partial charge in [0.15, 0.2) is 0 Å². The first kappa shape index (κ1) is 16.7. The second kappa shape index (κ2) is 5.83. The summed E-state index contributed by atoms with van der Waals surface area (Å²) < 4.78 is 11.9. The topological polar surface area (TPSA) is 94.7 Å². The standard InChI is InChI=1S/C15H21BN2O4/c1-14(2)15(3,4)22-16(21-14)11(8-17)7-12-6-5-10(9-18-12)13(19)20/h5-7,9H,8,17H2,1-4H3,(H,19,20). The zero-order chi connectivity index (χ0) is 16.5. The lowest BCUT2D eigenvalue weighted by atomic mass is 9.77. The van der Waals surface area contributed by atoms with E-state index in [1.807, 2.05) is 27.7 Å². The third-order valence-electron chi connectivity index (χ3n) is 4.16. The van der Waals surface area contributed by atoms with Crippen molar-refractivity contribution < 1.29 is 19.2 Å². The van der Waals surface area contributed by atoms with Crippen LogP contribution < -0.4 is 5.73 Å². The first-order chi connectivity index (χ1) is 10.2. The number of carbonyl (C=O) groups is 1. The maximum Gasteiger partial charge on any atom is 0.491 e. The molecule has 0 spiro atoms. The van der Waals surface area contributed by atoms with Crippen molar-refractivity contribution in [1.29, 1.82) is 0 Å². The van der Waals surface area contributed by atoms with Crippen LogP contribution in [0, 0.1) is 0 Å². The van der Waals surface area contributed by atoms with Gasteiger partial charge in [0.2, 0.25) is 0 Å². The molecule has 1 aliphatic heterocycles. The van der Waals surface area contributed by atoms with E-state index in [4.69, 9.17) is 20.1 Å². The minimum absolute atomic E-state index is 0.141. The quantitative estimate of drug-likeness (QED) is 0.823. The molecule has 0 aliphatic carbocycles. The Hall–Kier alpha value is -1.70. The molecule has 1 aliphatic rings. The van der Waals surface area contributed by atoms with Crippen LogP contribution >= 0.6 is 0 Å². The largest absolute Gasteiger partial charge is 0.491 e. The summed E-state index contributed by atoms with van der Waals surface area (Å²) >= 11 is 0. The van der Waals surface area contributed by atoms with Gasteiger partial charge in [-0.25, -0.2) is 4.79 Å². The second-order valence-electron chi connectivity index (χ2n) is 6.29. The molecule has 0 bridgehead atoms. The van der Waals surface area contributed by atoms with Gasteiger partial charge in [-0.2, -0.15) is 0 Å². The third-order valence-corrected chi connectivity index (χ3v) is 4.16. The van der Waals surface area contributed by atoms with Crippen LogP contribution in [-0.4, -0.2) is 40.9 Å². The first-order valence-corrected chi connectivity index (χ1v) is 7.12. The van der Waals surface area contributed by atoms with E-state index in [0.29, 0.717) is 5.69 Å². The van der Waals surface area contributed by atoms with Gasteiger partial charge in [0.1, 0.15) is 0 Å². The summed E-state index contributed by atoms with van der Waals surface area (Å²) in [6.45, 7) is 8.16. The van der Waals surface area contributed by atoms with Crippen LogP contribution in [0.3, 0.4) is 0 Å². The van der Waals surface area contributed by atoms with Crippen LogP contribution in [0.1, 0.15) is 43.7 Å². The maximum atomic E-state index is 10.8. The predicted octanol–water partition coefficient (Wildman–Crippen LogP) is 1.75. The van der Waals surface area contributed by atoms with E-state index in [9.17, 15) is 4.79 Å². The molecule has 6 nitrogen and oxygen atoms in total. The minimum Gasteiger partial charge on any atom is -0.478 e. The fraction of sp³-hybridized carbons (Fsp3) is 0.467. The van der Waals surface area contributed by atoms with Crippen molar-refractivity contribution in [3.8, 4) is 0 Å². The molecular formula is C15H21BN2O4. The SMILES string of the molecule is CC1(C)OB(C(=Cc2ccc(C(=O)O)cn2)CN)OC1(C)C. The summed E-state index contributed by atoms with van der Waals surface area (Å²) in [6.07, 6.45) is 3.08. The lowest BCUT2D eigenvalue weighted by Crippen LogP contribution is -2.41. The van der Waals surface area contributed by atoms with Gasteiger partial charge in [0.25, 0.3) is 0 Å². The number of hydrogen-bond donors (Lipinski definition) is 2. The molecule has 2 heterocycles. The Balaban J connectivity index is 2.23. The van der Waals surface area contributed by atoms with Crippen LogP contribution in [0.2, 0.25) is 0 Å². The van der Waals surface area contributed by atoms with Gasteiger partial charge in [0.05, 0.1) is 22.5 Å². The molecule has 118 valence electrons. The summed E-state index contributed by atoms with van der Waals surface area (Å²) in [5.41, 5.74) is 6.44. The second-order valence-corrected chi connectivity index (χ2v) is 6.29. The van der Waals surface area contributed by atoms with Gasteiger partial charge >= 0.3 is 13.1 Å². The van der Waals surface area contributed by atoms with Crippen LogP contribution in [0.4, 0.5) is 0 Å². The lowest BCUT2D eigenvalue weighted by molar-refractivity contribution is 0.00578. The van der Waals surface area contributed by atoms with E-state index in [1.165, 1.54) is 12.3 Å². The highest BCUT2D eigenvalue weighted by atomic mass is 16.7. The number of aromatic nitrogens is 1. The Bertz CT molecular complexity index is 580. The summed E-state index contributed by atoms with van der Waals surface area (Å²) in [4.78, 5) is 14.9. The van der Waals surface area contributed by atoms with E-state index < -0.39 is 24.3 Å². The van der Waals surface area contributed by atoms with E-state index in [-0.39, 0.29) is 12.1 Å². The van der Waals surface area contributed by atoms with E-state index in [0.717, 1.165) is 5.47 Å². The van der Waals surface area contributed by atoms with Crippen molar-refractivity contribution in [1.82, 2.24) is 4.98 Å². The lowest BCUT2D eigenvalue weighted by Gasteiger charge is -2.32. The Morgan fingerprint density at radius 3 is 2.32 bits per heavy atom. The molecular weight excluding hydrogens is 283 g/mol. The summed E-state index contributed by atoms with van der Waals surface area (Å²) in [6, 6.07) is 3.13. The van der Waals surface area contributed by atoms with Crippen molar-refractivity contribution in [2.24, 2.45) is 5.73 Å². The minimum atomic E-state index is -1.01. The van der Waals surface area contributed by atoms with Gasteiger partial charge in [-0.3, -0.25) is 4.98 Å². The maximum absolute atomic E-state index is 10.8. The van der Waals surface area contributed by atoms with Gasteiger partial charge in [-0.05, 0) is 51.4 Å². The van der Waals surface area contributed by atoms with Crippen molar-refractivity contribution in [3.05, 3.63) is 35.1 Å². The van der Waals surface area contributed by atoms with E-state index in [2.05, 4.69) is 4.98 Å². The number of carboxylic acids is 1. The highest BCUT2D eigenvalue weighted by Gasteiger charge is 2.52. The molecule has 1 aromatic rings. The van der Waals surface area contributed by atoms with Crippen molar-refractivity contribution in [2.75, 3.05) is 6.54 Å². The number of rotatable bonds is 4. The normalized spacial score (nSPS) is 20.2. The fourth-order valence-electron chi connectivity index (χ4n) is 2.02. The zero-order valence-electron chi connectivity index (χ0n) is 13.3. The Morgan fingerprint density at radius 2 is 1.91 bits per heavy atom. The van der Waals surface area contributed by atoms with Crippen molar-refractivity contribution in [2.45, 2.75) is 38.9 Å². The molecule has 7 heteroatoms. The molecule has 1 aromatic heterocycles. The average molecular weight is 304 g/mol. The number of carboxylic acid groups (broad SMARTS) is 1. The summed E-state index contributed by atoms with van der Waals surface area (Å²) in [5, 5.41) is 8.88.